The predicted octanol–water partition coefficient (Wildman–Crippen LogP) is 0.950. The van der Waals surface area contributed by atoms with Crippen molar-refractivity contribution in [3.05, 3.63) is 34.5 Å². The van der Waals surface area contributed by atoms with Crippen LogP contribution in [-0.2, 0) is 0 Å². The van der Waals surface area contributed by atoms with Gasteiger partial charge in [0.25, 0.3) is 0 Å². The van der Waals surface area contributed by atoms with E-state index >= 15 is 0 Å². The molecule has 1 aliphatic carbocycles. The molecule has 2 radical (unpaired) electrons. The van der Waals surface area contributed by atoms with Gasteiger partial charge in [0.15, 0.2) is 0 Å². The summed E-state index contributed by atoms with van der Waals surface area (Å²) < 4.78 is 0. The van der Waals surface area contributed by atoms with Crippen molar-refractivity contribution in [1.29, 1.82) is 0 Å². The summed E-state index contributed by atoms with van der Waals surface area (Å²) in [5.74, 6) is 0. The molecule has 0 fully saturated rings. The van der Waals surface area contributed by atoms with Gasteiger partial charge in [0.1, 0.15) is 7.85 Å². The summed E-state index contributed by atoms with van der Waals surface area (Å²) in [6.45, 7) is 8.40. The van der Waals surface area contributed by atoms with Gasteiger partial charge in [0.05, 0.1) is 11.2 Å². The van der Waals surface area contributed by atoms with Crippen molar-refractivity contribution >= 4 is 19.4 Å². The average Bonchev–Trinajstić information content (AvgIpc) is 2.67. The molecule has 3 N–H and O–H groups in total. The molecule has 0 aliphatic heterocycles. The minimum Gasteiger partial charge on any atom is -0.387 e. The first kappa shape index (κ1) is 16.8. The van der Waals surface area contributed by atoms with Gasteiger partial charge in [-0.3, -0.25) is 0 Å². The van der Waals surface area contributed by atoms with Gasteiger partial charge in [-0.2, -0.15) is 0 Å². The zero-order valence-electron chi connectivity index (χ0n) is 13.0. The largest absolute Gasteiger partial charge is 0.387 e. The van der Waals surface area contributed by atoms with Crippen LogP contribution < -0.4 is 10.6 Å². The van der Waals surface area contributed by atoms with Crippen LogP contribution in [0.25, 0.3) is 11.5 Å². The number of rotatable bonds is 1. The van der Waals surface area contributed by atoms with E-state index < -0.39 is 11.2 Å². The van der Waals surface area contributed by atoms with Gasteiger partial charge in [0.2, 0.25) is 0 Å². The lowest BCUT2D eigenvalue weighted by atomic mass is 9.88. The van der Waals surface area contributed by atoms with Crippen LogP contribution in [0.3, 0.4) is 0 Å². The number of aromatic amines is 1. The standard InChI is InChI=1S/C10H10BN.C6H14O2/c1-7-2-3-10-8(4-5-12-10)9(11)6-7;1-5(2,7)6(3,4)8/h2-5,12H,6H2,1H3;7-8H,1-4H3. The van der Waals surface area contributed by atoms with Crippen molar-refractivity contribution in [3.63, 3.8) is 0 Å². The van der Waals surface area contributed by atoms with Gasteiger partial charge in [0, 0.05) is 11.5 Å². The molecule has 0 unspecified atom stereocenters. The van der Waals surface area contributed by atoms with Crippen LogP contribution in [0, 0.1) is 0 Å². The molecule has 3 nitrogen and oxygen atoms in total. The monoisotopic (exact) mass is 273 g/mol. The Bertz CT molecular complexity index is 586. The zero-order chi connectivity index (χ0) is 15.6. The molecule has 4 heteroatoms. The lowest BCUT2D eigenvalue weighted by Gasteiger charge is -2.31. The van der Waals surface area contributed by atoms with Gasteiger partial charge in [-0.1, -0.05) is 11.6 Å². The van der Waals surface area contributed by atoms with Crippen molar-refractivity contribution in [1.82, 2.24) is 4.98 Å². The normalized spacial score (nSPS) is 15.3. The van der Waals surface area contributed by atoms with E-state index in [2.05, 4.69) is 24.1 Å². The first-order valence-electron chi connectivity index (χ1n) is 6.76. The smallest absolute Gasteiger partial charge is 0.109 e. The summed E-state index contributed by atoms with van der Waals surface area (Å²) in [6.07, 6.45) is 6.98. The molecule has 1 aromatic heterocycles. The maximum Gasteiger partial charge on any atom is 0.109 e. The number of hydrogen-bond acceptors (Lipinski definition) is 2. The Kier molecular flexibility index (Phi) is 5.06. The fourth-order valence-electron chi connectivity index (χ4n) is 1.48. The number of allylic oxidation sites excluding steroid dienone is 2. The van der Waals surface area contributed by atoms with Crippen LogP contribution in [0.5, 0.6) is 0 Å². The molecule has 0 aromatic carbocycles. The number of aromatic nitrogens is 1. The van der Waals surface area contributed by atoms with Crippen molar-refractivity contribution in [2.75, 3.05) is 0 Å². The van der Waals surface area contributed by atoms with E-state index in [0.29, 0.717) is 0 Å². The van der Waals surface area contributed by atoms with E-state index in [9.17, 15) is 0 Å². The molecular formula is C16H24BNO2. The Morgan fingerprint density at radius 1 is 1.10 bits per heavy atom. The summed E-state index contributed by atoms with van der Waals surface area (Å²) in [5, 5.41) is 20.5. The number of fused-ring (bicyclic) bond motifs is 1. The van der Waals surface area contributed by atoms with Crippen LogP contribution in [0.15, 0.2) is 23.9 Å². The Hall–Kier alpha value is -1.26. The van der Waals surface area contributed by atoms with Crippen LogP contribution in [0.1, 0.15) is 41.0 Å². The van der Waals surface area contributed by atoms with Crippen LogP contribution in [-0.4, -0.2) is 34.2 Å². The highest BCUT2D eigenvalue weighted by Gasteiger charge is 2.31. The van der Waals surface area contributed by atoms with Crippen LogP contribution >= 0.6 is 0 Å². The third kappa shape index (κ3) is 4.39. The highest BCUT2D eigenvalue weighted by atomic mass is 16.3. The van der Waals surface area contributed by atoms with Crippen molar-refractivity contribution in [2.24, 2.45) is 0 Å². The number of hydrogen-bond donors (Lipinski definition) is 3. The molecular weight excluding hydrogens is 249 g/mol. The first-order chi connectivity index (χ1) is 9.02. The summed E-state index contributed by atoms with van der Waals surface area (Å²) >= 11 is 0. The third-order valence-corrected chi connectivity index (χ3v) is 3.63. The van der Waals surface area contributed by atoms with E-state index in [4.69, 9.17) is 18.1 Å². The Balaban J connectivity index is 0.000000221. The molecule has 0 saturated heterocycles. The number of aliphatic hydroxyl groups is 2. The van der Waals surface area contributed by atoms with E-state index in [1.165, 1.54) is 5.57 Å². The Morgan fingerprint density at radius 3 is 2.15 bits per heavy atom. The minimum atomic E-state index is -1.01. The van der Waals surface area contributed by atoms with Crippen molar-refractivity contribution in [2.45, 2.75) is 52.2 Å². The van der Waals surface area contributed by atoms with E-state index in [0.717, 1.165) is 22.5 Å². The minimum absolute atomic E-state index is 0.876. The fraction of sp³-hybridized carbons (Fsp3) is 0.500. The van der Waals surface area contributed by atoms with Gasteiger partial charge in [-0.15, -0.1) is 5.47 Å². The third-order valence-electron chi connectivity index (χ3n) is 3.63. The van der Waals surface area contributed by atoms with E-state index in [1.54, 1.807) is 27.7 Å². The molecule has 1 aromatic rings. The second-order valence-corrected chi connectivity index (χ2v) is 6.30. The number of nitrogens with one attached hydrogen (secondary N) is 1. The quantitative estimate of drug-likeness (QED) is 0.667. The van der Waals surface area contributed by atoms with Crippen LogP contribution in [0.4, 0.5) is 0 Å². The predicted molar refractivity (Wildman–Crippen MR) is 84.6 cm³/mol. The maximum atomic E-state index is 9.10. The fourth-order valence-corrected chi connectivity index (χ4v) is 1.48. The lowest BCUT2D eigenvalue weighted by molar-refractivity contribution is -0.107. The van der Waals surface area contributed by atoms with Gasteiger partial charge in [-0.05, 0) is 58.4 Å². The van der Waals surface area contributed by atoms with Gasteiger partial charge in [-0.25, -0.2) is 0 Å². The van der Waals surface area contributed by atoms with Gasteiger partial charge >= 0.3 is 0 Å². The second-order valence-electron chi connectivity index (χ2n) is 6.30. The highest BCUT2D eigenvalue weighted by Crippen LogP contribution is 2.19. The van der Waals surface area contributed by atoms with Crippen LogP contribution in [0.2, 0.25) is 0 Å². The molecule has 1 heterocycles. The Morgan fingerprint density at radius 2 is 1.65 bits per heavy atom. The summed E-state index contributed by atoms with van der Waals surface area (Å²) in [4.78, 5) is 3.15. The molecule has 0 bridgehead atoms. The van der Waals surface area contributed by atoms with Crippen molar-refractivity contribution in [3.8, 4) is 0 Å². The van der Waals surface area contributed by atoms with Crippen molar-refractivity contribution < 1.29 is 10.2 Å². The lowest BCUT2D eigenvalue weighted by Crippen LogP contribution is -2.44. The number of H-pyrrole nitrogens is 1. The zero-order valence-corrected chi connectivity index (χ0v) is 13.0. The second kappa shape index (κ2) is 6.02. The van der Waals surface area contributed by atoms with Gasteiger partial charge < -0.3 is 15.2 Å². The average molecular weight is 273 g/mol. The molecule has 0 amide bonds. The highest BCUT2D eigenvalue weighted by molar-refractivity contribution is 6.38. The molecule has 20 heavy (non-hydrogen) atoms. The summed E-state index contributed by atoms with van der Waals surface area (Å²) in [5.41, 5.74) is 0.242. The molecule has 1 aliphatic rings. The molecule has 0 spiro atoms. The Labute approximate surface area is 122 Å². The van der Waals surface area contributed by atoms with E-state index in [1.807, 2.05) is 12.3 Å². The first-order valence-corrected chi connectivity index (χ1v) is 6.76. The summed E-state index contributed by atoms with van der Waals surface area (Å²) in [7, 11) is 5.92. The maximum absolute atomic E-state index is 9.10. The summed E-state index contributed by atoms with van der Waals surface area (Å²) in [6, 6.07) is 2.02. The molecule has 0 atom stereocenters. The molecule has 2 rings (SSSR count). The molecule has 0 saturated carbocycles. The topological polar surface area (TPSA) is 56.2 Å². The SMILES string of the molecule is CC(C)(O)C(C)(C)O.[B]C1=c2cc[nH]c2=CC=C(C)C1. The van der Waals surface area contributed by atoms with E-state index in [-0.39, 0.29) is 0 Å². The molecule has 108 valence electrons.